The molecule has 0 saturated heterocycles. The normalized spacial score (nSPS) is 12.1. The molecule has 2 aromatic carbocycles. The van der Waals surface area contributed by atoms with Crippen LogP contribution in [0, 0.1) is 0 Å². The summed E-state index contributed by atoms with van der Waals surface area (Å²) in [6.07, 6.45) is 0. The Labute approximate surface area is 159 Å². The van der Waals surface area contributed by atoms with Gasteiger partial charge in [0.25, 0.3) is 5.91 Å². The lowest BCUT2D eigenvalue weighted by Crippen LogP contribution is -2.29. The first-order valence-electron chi connectivity index (χ1n) is 9.12. The number of ether oxygens (including phenoxy) is 2. The molecule has 0 saturated carbocycles. The molecule has 0 spiro atoms. The Bertz CT molecular complexity index is 903. The Hall–Kier alpha value is -2.86. The quantitative estimate of drug-likeness (QED) is 0.618. The van der Waals surface area contributed by atoms with Crippen LogP contribution in [0.5, 0.6) is 5.75 Å². The highest BCUT2D eigenvalue weighted by molar-refractivity contribution is 5.94. The van der Waals surface area contributed by atoms with Crippen molar-refractivity contribution in [1.82, 2.24) is 14.9 Å². The summed E-state index contributed by atoms with van der Waals surface area (Å²) in [7, 11) is 1.60. The van der Waals surface area contributed by atoms with Crippen LogP contribution in [-0.2, 0) is 11.3 Å². The summed E-state index contributed by atoms with van der Waals surface area (Å²) in [5.41, 5.74) is 2.53. The van der Waals surface area contributed by atoms with E-state index in [1.54, 1.807) is 31.4 Å². The first-order chi connectivity index (χ1) is 13.1. The molecule has 0 radical (unpaired) electrons. The van der Waals surface area contributed by atoms with E-state index in [2.05, 4.69) is 9.88 Å². The molecule has 1 heterocycles. The van der Waals surface area contributed by atoms with E-state index in [1.165, 1.54) is 0 Å². The molecule has 0 bridgehead atoms. The second kappa shape index (κ2) is 8.68. The monoisotopic (exact) mass is 367 g/mol. The molecule has 6 heteroatoms. The van der Waals surface area contributed by atoms with Crippen molar-refractivity contribution < 1.29 is 14.3 Å². The maximum absolute atomic E-state index is 12.6. The number of hydrogen-bond donors (Lipinski definition) is 1. The van der Waals surface area contributed by atoms with E-state index in [4.69, 9.17) is 14.5 Å². The van der Waals surface area contributed by atoms with E-state index in [1.807, 2.05) is 38.1 Å². The molecule has 142 valence electrons. The van der Waals surface area contributed by atoms with Crippen LogP contribution < -0.4 is 10.1 Å². The zero-order valence-corrected chi connectivity index (χ0v) is 15.9. The van der Waals surface area contributed by atoms with Gasteiger partial charge in [-0.2, -0.15) is 0 Å². The Morgan fingerprint density at radius 2 is 1.93 bits per heavy atom. The van der Waals surface area contributed by atoms with Crippen molar-refractivity contribution >= 4 is 16.9 Å². The first kappa shape index (κ1) is 18.9. The van der Waals surface area contributed by atoms with E-state index < -0.39 is 0 Å². The second-order valence-corrected chi connectivity index (χ2v) is 6.23. The number of fused-ring (bicyclic) bond motifs is 1. The van der Waals surface area contributed by atoms with Crippen LogP contribution in [0.1, 0.15) is 36.1 Å². The Morgan fingerprint density at radius 1 is 1.19 bits per heavy atom. The number of methoxy groups -OCH3 is 1. The fourth-order valence-electron chi connectivity index (χ4n) is 3.05. The lowest BCUT2D eigenvalue weighted by molar-refractivity contribution is 0.0937. The van der Waals surface area contributed by atoms with E-state index in [0.29, 0.717) is 25.3 Å². The molecule has 1 unspecified atom stereocenters. The highest BCUT2D eigenvalue weighted by Crippen LogP contribution is 2.21. The maximum atomic E-state index is 12.6. The SMILES string of the molecule is CCOCCn1c(C(C)NC(=O)c2ccc(OC)cc2)nc2ccccc21. The van der Waals surface area contributed by atoms with E-state index in [9.17, 15) is 4.79 Å². The van der Waals surface area contributed by atoms with E-state index in [0.717, 1.165) is 22.6 Å². The first-order valence-corrected chi connectivity index (χ1v) is 9.12. The number of imidazole rings is 1. The van der Waals surface area contributed by atoms with Crippen molar-refractivity contribution in [3.05, 3.63) is 59.9 Å². The van der Waals surface area contributed by atoms with Gasteiger partial charge in [-0.15, -0.1) is 0 Å². The average Bonchev–Trinajstić information content (AvgIpc) is 3.07. The molecule has 27 heavy (non-hydrogen) atoms. The number of nitrogens with one attached hydrogen (secondary N) is 1. The van der Waals surface area contributed by atoms with Crippen LogP contribution in [-0.4, -0.2) is 35.8 Å². The van der Waals surface area contributed by atoms with Crippen molar-refractivity contribution in [2.75, 3.05) is 20.3 Å². The van der Waals surface area contributed by atoms with Crippen LogP contribution in [0.2, 0.25) is 0 Å². The summed E-state index contributed by atoms with van der Waals surface area (Å²) in [5, 5.41) is 3.04. The zero-order valence-electron chi connectivity index (χ0n) is 15.9. The molecule has 1 atom stereocenters. The average molecular weight is 367 g/mol. The van der Waals surface area contributed by atoms with Gasteiger partial charge in [-0.25, -0.2) is 4.98 Å². The second-order valence-electron chi connectivity index (χ2n) is 6.23. The minimum atomic E-state index is -0.242. The van der Waals surface area contributed by atoms with Gasteiger partial charge in [0.05, 0.1) is 30.8 Å². The highest BCUT2D eigenvalue weighted by Gasteiger charge is 2.19. The number of para-hydroxylation sites is 2. The van der Waals surface area contributed by atoms with Gasteiger partial charge in [0.15, 0.2) is 0 Å². The van der Waals surface area contributed by atoms with Crippen LogP contribution in [0.3, 0.4) is 0 Å². The molecular formula is C21H25N3O3. The number of benzene rings is 2. The van der Waals surface area contributed by atoms with Crippen LogP contribution in [0.4, 0.5) is 0 Å². The molecule has 0 aliphatic rings. The summed E-state index contributed by atoms with van der Waals surface area (Å²) in [6.45, 7) is 5.88. The van der Waals surface area contributed by atoms with Gasteiger partial charge in [-0.05, 0) is 50.2 Å². The number of hydrogen-bond acceptors (Lipinski definition) is 4. The summed E-state index contributed by atoms with van der Waals surface area (Å²) in [5.74, 6) is 1.39. The van der Waals surface area contributed by atoms with Crippen LogP contribution in [0.25, 0.3) is 11.0 Å². The predicted octanol–water partition coefficient (Wildman–Crippen LogP) is 3.57. The van der Waals surface area contributed by atoms with Gasteiger partial charge in [-0.3, -0.25) is 4.79 Å². The number of rotatable bonds is 8. The van der Waals surface area contributed by atoms with Gasteiger partial charge in [0, 0.05) is 18.7 Å². The summed E-state index contributed by atoms with van der Waals surface area (Å²) < 4.78 is 12.8. The standard InChI is InChI=1S/C21H25N3O3/c1-4-27-14-13-24-19-8-6-5-7-18(19)23-20(24)15(2)22-21(25)16-9-11-17(26-3)12-10-16/h5-12,15H,4,13-14H2,1-3H3,(H,22,25). The number of aromatic nitrogens is 2. The fourth-order valence-corrected chi connectivity index (χ4v) is 3.05. The fraction of sp³-hybridized carbons (Fsp3) is 0.333. The Kier molecular flexibility index (Phi) is 6.08. The van der Waals surface area contributed by atoms with Gasteiger partial charge in [0.1, 0.15) is 11.6 Å². The van der Waals surface area contributed by atoms with E-state index >= 15 is 0 Å². The molecule has 1 aromatic heterocycles. The van der Waals surface area contributed by atoms with Crippen LogP contribution >= 0.6 is 0 Å². The highest BCUT2D eigenvalue weighted by atomic mass is 16.5. The molecule has 0 fully saturated rings. The molecule has 1 N–H and O–H groups in total. The number of amides is 1. The maximum Gasteiger partial charge on any atom is 0.251 e. The number of nitrogens with zero attached hydrogens (tertiary/aromatic N) is 2. The minimum absolute atomic E-state index is 0.145. The Balaban J connectivity index is 1.82. The van der Waals surface area contributed by atoms with E-state index in [-0.39, 0.29) is 11.9 Å². The van der Waals surface area contributed by atoms with Gasteiger partial charge >= 0.3 is 0 Å². The third kappa shape index (κ3) is 4.28. The number of carbonyl (C=O) groups is 1. The third-order valence-corrected chi connectivity index (χ3v) is 4.43. The minimum Gasteiger partial charge on any atom is -0.497 e. The lowest BCUT2D eigenvalue weighted by Gasteiger charge is -2.16. The summed E-state index contributed by atoms with van der Waals surface area (Å²) in [4.78, 5) is 17.3. The van der Waals surface area contributed by atoms with Crippen molar-refractivity contribution in [3.63, 3.8) is 0 Å². The van der Waals surface area contributed by atoms with Gasteiger partial charge in [0.2, 0.25) is 0 Å². The molecule has 0 aliphatic heterocycles. The van der Waals surface area contributed by atoms with Crippen molar-refractivity contribution in [1.29, 1.82) is 0 Å². The topological polar surface area (TPSA) is 65.4 Å². The smallest absolute Gasteiger partial charge is 0.251 e. The summed E-state index contributed by atoms with van der Waals surface area (Å²) in [6, 6.07) is 14.8. The largest absolute Gasteiger partial charge is 0.497 e. The molecule has 3 aromatic rings. The third-order valence-electron chi connectivity index (χ3n) is 4.43. The van der Waals surface area contributed by atoms with Crippen LogP contribution in [0.15, 0.2) is 48.5 Å². The van der Waals surface area contributed by atoms with Gasteiger partial charge < -0.3 is 19.4 Å². The van der Waals surface area contributed by atoms with Gasteiger partial charge in [-0.1, -0.05) is 12.1 Å². The molecule has 1 amide bonds. The van der Waals surface area contributed by atoms with Crippen molar-refractivity contribution in [2.24, 2.45) is 0 Å². The Morgan fingerprint density at radius 3 is 2.63 bits per heavy atom. The lowest BCUT2D eigenvalue weighted by atomic mass is 10.2. The van der Waals surface area contributed by atoms with Crippen molar-refractivity contribution in [3.8, 4) is 5.75 Å². The van der Waals surface area contributed by atoms with Crippen molar-refractivity contribution in [2.45, 2.75) is 26.4 Å². The summed E-state index contributed by atoms with van der Waals surface area (Å²) >= 11 is 0. The molecule has 6 nitrogen and oxygen atoms in total. The predicted molar refractivity (Wildman–Crippen MR) is 105 cm³/mol. The molecule has 3 rings (SSSR count). The molecule has 0 aliphatic carbocycles. The number of carbonyl (C=O) groups excluding carboxylic acids is 1. The molecular weight excluding hydrogens is 342 g/mol. The zero-order chi connectivity index (χ0) is 19.2.